The van der Waals surface area contributed by atoms with Crippen LogP contribution in [0.15, 0.2) is 4.99 Å². The first-order valence-electron chi connectivity index (χ1n) is 10.7. The molecule has 0 amide bonds. The van der Waals surface area contributed by atoms with Gasteiger partial charge in [0.25, 0.3) is 0 Å². The molecular weight excluding hydrogens is 344 g/mol. The van der Waals surface area contributed by atoms with Crippen molar-refractivity contribution >= 4 is 16.8 Å². The highest BCUT2D eigenvalue weighted by Gasteiger charge is 2.26. The van der Waals surface area contributed by atoms with E-state index in [0.717, 1.165) is 43.4 Å². The van der Waals surface area contributed by atoms with E-state index in [9.17, 15) is 4.21 Å². The van der Waals surface area contributed by atoms with Crippen molar-refractivity contribution in [1.82, 2.24) is 15.5 Å². The van der Waals surface area contributed by atoms with E-state index in [1.165, 1.54) is 51.7 Å². The minimum absolute atomic E-state index is 0.358. The Morgan fingerprint density at radius 3 is 2.81 bits per heavy atom. The zero-order valence-electron chi connectivity index (χ0n) is 17.1. The van der Waals surface area contributed by atoms with Crippen LogP contribution in [0.2, 0.25) is 0 Å². The van der Waals surface area contributed by atoms with Crippen LogP contribution < -0.4 is 10.6 Å². The van der Waals surface area contributed by atoms with E-state index in [-0.39, 0.29) is 0 Å². The van der Waals surface area contributed by atoms with Crippen LogP contribution in [0.5, 0.6) is 0 Å². The third kappa shape index (κ3) is 7.55. The van der Waals surface area contributed by atoms with Crippen molar-refractivity contribution in [1.29, 1.82) is 0 Å². The number of hydrogen-bond acceptors (Lipinski definition) is 3. The van der Waals surface area contributed by atoms with Crippen molar-refractivity contribution < 1.29 is 4.21 Å². The van der Waals surface area contributed by atoms with E-state index in [1.54, 1.807) is 0 Å². The molecule has 0 aromatic heterocycles. The molecule has 0 spiro atoms. The predicted octanol–water partition coefficient (Wildman–Crippen LogP) is 2.74. The Morgan fingerprint density at radius 1 is 1.23 bits per heavy atom. The maximum Gasteiger partial charge on any atom is 0.191 e. The fourth-order valence-corrected chi connectivity index (χ4v) is 5.64. The molecule has 26 heavy (non-hydrogen) atoms. The van der Waals surface area contributed by atoms with Gasteiger partial charge in [-0.05, 0) is 64.0 Å². The number of piperidine rings is 1. The Labute approximate surface area is 163 Å². The molecule has 1 aliphatic carbocycles. The Hall–Kier alpha value is -0.620. The summed E-state index contributed by atoms with van der Waals surface area (Å²) in [5, 5.41) is 7.38. The van der Waals surface area contributed by atoms with Gasteiger partial charge in [-0.15, -0.1) is 0 Å². The van der Waals surface area contributed by atoms with Crippen LogP contribution >= 0.6 is 0 Å². The summed E-state index contributed by atoms with van der Waals surface area (Å²) < 4.78 is 12.1. The normalized spacial score (nSPS) is 29.3. The standard InChI is InChI=1S/C20H40N4OS/c1-4-26(25)19-11-7-10-18(15-19)23-20(21-3)22-12-5-6-13-24-14-8-9-17(2)16-24/h17-19H,4-16H2,1-3H3,(H2,21,22,23). The molecule has 152 valence electrons. The average Bonchev–Trinajstić information content (AvgIpc) is 2.66. The third-order valence-corrected chi connectivity index (χ3v) is 7.52. The van der Waals surface area contributed by atoms with Crippen LogP contribution in [0.3, 0.4) is 0 Å². The molecule has 5 nitrogen and oxygen atoms in total. The molecule has 0 bridgehead atoms. The maximum atomic E-state index is 12.1. The highest BCUT2D eigenvalue weighted by Crippen LogP contribution is 2.23. The zero-order chi connectivity index (χ0) is 18.8. The van der Waals surface area contributed by atoms with E-state index < -0.39 is 10.8 Å². The average molecular weight is 385 g/mol. The monoisotopic (exact) mass is 384 g/mol. The molecule has 0 radical (unpaired) electrons. The van der Waals surface area contributed by atoms with Gasteiger partial charge in [-0.3, -0.25) is 9.20 Å². The molecule has 1 saturated carbocycles. The lowest BCUT2D eigenvalue weighted by atomic mass is 9.95. The van der Waals surface area contributed by atoms with E-state index in [1.807, 2.05) is 14.0 Å². The first-order chi connectivity index (χ1) is 12.6. The van der Waals surface area contributed by atoms with Gasteiger partial charge in [0.15, 0.2) is 5.96 Å². The largest absolute Gasteiger partial charge is 0.356 e. The van der Waals surface area contributed by atoms with Gasteiger partial charge in [0.2, 0.25) is 0 Å². The van der Waals surface area contributed by atoms with Crippen LogP contribution in [0.4, 0.5) is 0 Å². The number of hydrogen-bond donors (Lipinski definition) is 2. The van der Waals surface area contributed by atoms with Crippen LogP contribution in [-0.2, 0) is 10.8 Å². The van der Waals surface area contributed by atoms with Gasteiger partial charge in [0.1, 0.15) is 0 Å². The zero-order valence-corrected chi connectivity index (χ0v) is 18.0. The number of nitrogens with one attached hydrogen (secondary N) is 2. The summed E-state index contributed by atoms with van der Waals surface area (Å²) in [6.07, 6.45) is 9.63. The first-order valence-corrected chi connectivity index (χ1v) is 12.1. The van der Waals surface area contributed by atoms with Gasteiger partial charge in [0, 0.05) is 48.0 Å². The van der Waals surface area contributed by atoms with E-state index in [2.05, 4.69) is 27.4 Å². The molecule has 2 fully saturated rings. The Bertz CT molecular complexity index is 457. The van der Waals surface area contributed by atoms with Gasteiger partial charge < -0.3 is 15.5 Å². The summed E-state index contributed by atoms with van der Waals surface area (Å²) in [4.78, 5) is 7.00. The molecule has 4 unspecified atom stereocenters. The molecule has 2 N–H and O–H groups in total. The lowest BCUT2D eigenvalue weighted by Crippen LogP contribution is -2.46. The summed E-state index contributed by atoms with van der Waals surface area (Å²) in [6, 6.07) is 0.408. The highest BCUT2D eigenvalue weighted by atomic mass is 32.2. The Kier molecular flexibility index (Phi) is 9.97. The van der Waals surface area contributed by atoms with Crippen molar-refractivity contribution in [2.75, 3.05) is 39.0 Å². The molecule has 4 atom stereocenters. The molecule has 2 rings (SSSR count). The molecule has 1 aliphatic heterocycles. The summed E-state index contributed by atoms with van der Waals surface area (Å²) >= 11 is 0. The highest BCUT2D eigenvalue weighted by molar-refractivity contribution is 7.85. The van der Waals surface area contributed by atoms with Gasteiger partial charge in [-0.25, -0.2) is 0 Å². The van der Waals surface area contributed by atoms with Crippen molar-refractivity contribution in [2.24, 2.45) is 10.9 Å². The number of rotatable bonds is 8. The van der Waals surface area contributed by atoms with Gasteiger partial charge in [0.05, 0.1) is 0 Å². The second-order valence-corrected chi connectivity index (χ2v) is 10.1. The number of aliphatic imine (C=N–C) groups is 1. The van der Waals surface area contributed by atoms with E-state index in [4.69, 9.17) is 0 Å². The van der Waals surface area contributed by atoms with Crippen molar-refractivity contribution in [3.8, 4) is 0 Å². The van der Waals surface area contributed by atoms with Gasteiger partial charge in [-0.1, -0.05) is 20.3 Å². The molecule has 0 aromatic carbocycles. The van der Waals surface area contributed by atoms with Crippen LogP contribution in [0.25, 0.3) is 0 Å². The second-order valence-electron chi connectivity index (χ2n) is 8.05. The predicted molar refractivity (Wildman–Crippen MR) is 113 cm³/mol. The van der Waals surface area contributed by atoms with Crippen LogP contribution in [-0.4, -0.2) is 65.3 Å². The van der Waals surface area contributed by atoms with Crippen LogP contribution in [0.1, 0.15) is 65.2 Å². The minimum atomic E-state index is -0.669. The summed E-state index contributed by atoms with van der Waals surface area (Å²) in [7, 11) is 1.17. The smallest absolute Gasteiger partial charge is 0.191 e. The van der Waals surface area contributed by atoms with E-state index in [0.29, 0.717) is 11.3 Å². The quantitative estimate of drug-likeness (QED) is 0.384. The molecule has 1 heterocycles. The Balaban J connectivity index is 1.61. The number of nitrogens with zero attached hydrogens (tertiary/aromatic N) is 2. The van der Waals surface area contributed by atoms with Crippen molar-refractivity contribution in [2.45, 2.75) is 76.5 Å². The minimum Gasteiger partial charge on any atom is -0.356 e. The summed E-state index contributed by atoms with van der Waals surface area (Å²) in [5.41, 5.74) is 0. The molecule has 0 aromatic rings. The lowest BCUT2D eigenvalue weighted by molar-refractivity contribution is 0.181. The van der Waals surface area contributed by atoms with Gasteiger partial charge in [-0.2, -0.15) is 0 Å². The Morgan fingerprint density at radius 2 is 2.08 bits per heavy atom. The lowest BCUT2D eigenvalue weighted by Gasteiger charge is -2.31. The van der Waals surface area contributed by atoms with Crippen molar-refractivity contribution in [3.05, 3.63) is 0 Å². The summed E-state index contributed by atoms with van der Waals surface area (Å²) in [5.74, 6) is 2.55. The molecule has 2 aliphatic rings. The van der Waals surface area contributed by atoms with E-state index >= 15 is 0 Å². The fourth-order valence-electron chi connectivity index (χ4n) is 4.30. The molecule has 1 saturated heterocycles. The van der Waals surface area contributed by atoms with Crippen LogP contribution in [0, 0.1) is 5.92 Å². The second kappa shape index (κ2) is 12.0. The first kappa shape index (κ1) is 21.7. The molecular formula is C20H40N4OS. The number of unbranched alkanes of at least 4 members (excludes halogenated alkanes) is 1. The SMILES string of the molecule is CCS(=O)C1CCCC(NC(=NC)NCCCCN2CCCC(C)C2)C1. The maximum absolute atomic E-state index is 12.1. The molecule has 6 heteroatoms. The number of guanidine groups is 1. The van der Waals surface area contributed by atoms with Gasteiger partial charge >= 0.3 is 0 Å². The fraction of sp³-hybridized carbons (Fsp3) is 0.950. The number of likely N-dealkylation sites (tertiary alicyclic amines) is 1. The summed E-state index contributed by atoms with van der Waals surface area (Å²) in [6.45, 7) is 9.15. The topological polar surface area (TPSA) is 56.7 Å². The van der Waals surface area contributed by atoms with Crippen molar-refractivity contribution in [3.63, 3.8) is 0 Å². The third-order valence-electron chi connectivity index (χ3n) is 5.78.